The standard InChI is InChI=1S/C22H18ClN5O2/c23-18-13-5-1-2-7-17(13)30-21(18)20-19-16(26-12-27-19)8-10-28(20)22(29)14(11-24)15-6-3-4-9-25-15/h1-7,9,11-12,20H,8,10,24H2,(H,26,27)/b14-11+/t20-/m0/s1. The highest BCUT2D eigenvalue weighted by atomic mass is 35.5. The number of nitrogens with two attached hydrogens (primary N) is 1. The van der Waals surface area contributed by atoms with Crippen molar-refractivity contribution in [2.75, 3.05) is 6.54 Å². The first-order chi connectivity index (χ1) is 14.7. The molecule has 7 nitrogen and oxygen atoms in total. The summed E-state index contributed by atoms with van der Waals surface area (Å²) in [6.07, 6.45) is 5.18. The van der Waals surface area contributed by atoms with Crippen LogP contribution in [-0.2, 0) is 11.2 Å². The van der Waals surface area contributed by atoms with Crippen molar-refractivity contribution in [3.8, 4) is 0 Å². The molecule has 150 valence electrons. The Morgan fingerprint density at radius 3 is 2.83 bits per heavy atom. The van der Waals surface area contributed by atoms with Crippen LogP contribution in [0.2, 0.25) is 5.02 Å². The van der Waals surface area contributed by atoms with Crippen LogP contribution in [-0.4, -0.2) is 32.3 Å². The summed E-state index contributed by atoms with van der Waals surface area (Å²) in [5.74, 6) is 0.225. The van der Waals surface area contributed by atoms with Gasteiger partial charge in [0.1, 0.15) is 11.6 Å². The molecule has 0 aliphatic carbocycles. The third-order valence-corrected chi connectivity index (χ3v) is 5.72. The second kappa shape index (κ2) is 7.35. The Bertz CT molecular complexity index is 1260. The normalized spacial score (nSPS) is 16.6. The van der Waals surface area contributed by atoms with Gasteiger partial charge in [-0.1, -0.05) is 29.8 Å². The van der Waals surface area contributed by atoms with E-state index in [0.29, 0.717) is 46.3 Å². The molecule has 5 rings (SSSR count). The SMILES string of the molecule is N/C=C(/C(=O)N1CCc2[nH]cnc2[C@H]1c1oc2ccccc2c1Cl)c1ccccn1. The summed E-state index contributed by atoms with van der Waals surface area (Å²) in [5.41, 5.74) is 8.99. The molecule has 1 aliphatic rings. The molecule has 0 saturated carbocycles. The molecule has 3 N–H and O–H groups in total. The molecule has 30 heavy (non-hydrogen) atoms. The molecule has 0 unspecified atom stereocenters. The van der Waals surface area contributed by atoms with Crippen LogP contribution in [0.25, 0.3) is 16.5 Å². The van der Waals surface area contributed by atoms with Crippen LogP contribution in [0.3, 0.4) is 0 Å². The number of carbonyl (C=O) groups excluding carboxylic acids is 1. The zero-order valence-electron chi connectivity index (χ0n) is 15.9. The maximum atomic E-state index is 13.6. The number of nitrogens with one attached hydrogen (secondary N) is 1. The molecule has 1 atom stereocenters. The van der Waals surface area contributed by atoms with Crippen molar-refractivity contribution < 1.29 is 9.21 Å². The Balaban J connectivity index is 1.64. The number of benzene rings is 1. The fourth-order valence-corrected chi connectivity index (χ4v) is 4.21. The number of furan rings is 1. The maximum Gasteiger partial charge on any atom is 0.258 e. The van der Waals surface area contributed by atoms with E-state index in [-0.39, 0.29) is 5.91 Å². The van der Waals surface area contributed by atoms with Gasteiger partial charge in [0.15, 0.2) is 5.76 Å². The number of aromatic amines is 1. The van der Waals surface area contributed by atoms with Gasteiger partial charge >= 0.3 is 0 Å². The van der Waals surface area contributed by atoms with E-state index in [0.717, 1.165) is 11.1 Å². The van der Waals surface area contributed by atoms with Gasteiger partial charge in [-0.2, -0.15) is 0 Å². The summed E-state index contributed by atoms with van der Waals surface area (Å²) in [7, 11) is 0. The molecular formula is C22H18ClN5O2. The van der Waals surface area contributed by atoms with Gasteiger partial charge in [0.25, 0.3) is 5.91 Å². The Morgan fingerprint density at radius 2 is 2.07 bits per heavy atom. The molecule has 0 bridgehead atoms. The van der Waals surface area contributed by atoms with Crippen molar-refractivity contribution in [3.05, 3.63) is 89.1 Å². The lowest BCUT2D eigenvalue weighted by molar-refractivity contribution is -0.127. The van der Waals surface area contributed by atoms with Crippen LogP contribution in [0.4, 0.5) is 0 Å². The number of halogens is 1. The molecule has 0 radical (unpaired) electrons. The molecule has 0 fully saturated rings. The number of H-pyrrole nitrogens is 1. The van der Waals surface area contributed by atoms with Crippen LogP contribution < -0.4 is 5.73 Å². The van der Waals surface area contributed by atoms with E-state index in [9.17, 15) is 4.79 Å². The van der Waals surface area contributed by atoms with Crippen molar-refractivity contribution in [1.29, 1.82) is 0 Å². The first kappa shape index (κ1) is 18.4. The van der Waals surface area contributed by atoms with Crippen molar-refractivity contribution in [3.63, 3.8) is 0 Å². The predicted molar refractivity (Wildman–Crippen MR) is 113 cm³/mol. The average Bonchev–Trinajstić information content (AvgIpc) is 3.39. The fourth-order valence-electron chi connectivity index (χ4n) is 3.91. The highest BCUT2D eigenvalue weighted by Crippen LogP contribution is 2.42. The number of para-hydroxylation sites is 1. The van der Waals surface area contributed by atoms with E-state index < -0.39 is 6.04 Å². The quantitative estimate of drug-likeness (QED) is 0.493. The lowest BCUT2D eigenvalue weighted by Gasteiger charge is -2.34. The molecule has 0 saturated heterocycles. The van der Waals surface area contributed by atoms with Crippen molar-refractivity contribution in [1.82, 2.24) is 19.9 Å². The second-order valence-electron chi connectivity index (χ2n) is 6.99. The van der Waals surface area contributed by atoms with Crippen LogP contribution in [0.1, 0.15) is 28.9 Å². The number of rotatable bonds is 3. The third-order valence-electron chi connectivity index (χ3n) is 5.33. The minimum Gasteiger partial charge on any atom is -0.457 e. The van der Waals surface area contributed by atoms with Crippen LogP contribution >= 0.6 is 11.6 Å². The van der Waals surface area contributed by atoms with E-state index in [4.69, 9.17) is 21.8 Å². The first-order valence-corrected chi connectivity index (χ1v) is 9.90. The van der Waals surface area contributed by atoms with Gasteiger partial charge in [0, 0.05) is 36.4 Å². The van der Waals surface area contributed by atoms with Gasteiger partial charge < -0.3 is 20.0 Å². The minimum absolute atomic E-state index is 0.258. The number of fused-ring (bicyclic) bond motifs is 2. The summed E-state index contributed by atoms with van der Waals surface area (Å²) in [5, 5.41) is 1.27. The fraction of sp³-hybridized carbons (Fsp3) is 0.136. The molecule has 0 spiro atoms. The molecule has 3 aromatic heterocycles. The maximum absolute atomic E-state index is 13.6. The monoisotopic (exact) mass is 419 g/mol. The Morgan fingerprint density at radius 1 is 1.23 bits per heavy atom. The number of aromatic nitrogens is 3. The van der Waals surface area contributed by atoms with Gasteiger partial charge in [-0.15, -0.1) is 0 Å². The summed E-state index contributed by atoms with van der Waals surface area (Å²) in [6.45, 7) is 0.455. The zero-order valence-corrected chi connectivity index (χ0v) is 16.6. The molecule has 1 aliphatic heterocycles. The number of hydrogen-bond donors (Lipinski definition) is 2. The van der Waals surface area contributed by atoms with Crippen LogP contribution in [0.15, 0.2) is 65.6 Å². The lowest BCUT2D eigenvalue weighted by Crippen LogP contribution is -2.41. The van der Waals surface area contributed by atoms with Gasteiger partial charge in [-0.05, 0) is 24.3 Å². The number of amides is 1. The number of hydrogen-bond acceptors (Lipinski definition) is 5. The Labute approximate surface area is 177 Å². The van der Waals surface area contributed by atoms with E-state index in [2.05, 4.69) is 15.0 Å². The number of pyridine rings is 1. The topological polar surface area (TPSA) is 101 Å². The van der Waals surface area contributed by atoms with E-state index in [1.165, 1.54) is 6.20 Å². The highest BCUT2D eigenvalue weighted by Gasteiger charge is 2.39. The molecule has 8 heteroatoms. The van der Waals surface area contributed by atoms with E-state index in [1.54, 1.807) is 29.6 Å². The predicted octanol–water partition coefficient (Wildman–Crippen LogP) is 3.68. The van der Waals surface area contributed by atoms with Crippen LogP contribution in [0, 0.1) is 0 Å². The molecular weight excluding hydrogens is 402 g/mol. The summed E-state index contributed by atoms with van der Waals surface area (Å²) in [6, 6.07) is 12.3. The summed E-state index contributed by atoms with van der Waals surface area (Å²) < 4.78 is 6.12. The summed E-state index contributed by atoms with van der Waals surface area (Å²) in [4.78, 5) is 27.2. The smallest absolute Gasteiger partial charge is 0.258 e. The molecule has 4 aromatic rings. The van der Waals surface area contributed by atoms with Crippen molar-refractivity contribution >= 4 is 34.1 Å². The van der Waals surface area contributed by atoms with Gasteiger partial charge in [0.2, 0.25) is 0 Å². The van der Waals surface area contributed by atoms with Gasteiger partial charge in [-0.25, -0.2) is 4.98 Å². The van der Waals surface area contributed by atoms with Crippen molar-refractivity contribution in [2.24, 2.45) is 5.73 Å². The first-order valence-electron chi connectivity index (χ1n) is 9.52. The Kier molecular flexibility index (Phi) is 4.52. The van der Waals surface area contributed by atoms with E-state index in [1.807, 2.05) is 30.3 Å². The summed E-state index contributed by atoms with van der Waals surface area (Å²) >= 11 is 6.70. The molecule has 1 aromatic carbocycles. The van der Waals surface area contributed by atoms with E-state index >= 15 is 0 Å². The lowest BCUT2D eigenvalue weighted by atomic mass is 9.98. The zero-order chi connectivity index (χ0) is 20.7. The number of nitrogens with zero attached hydrogens (tertiary/aromatic N) is 3. The minimum atomic E-state index is -0.578. The average molecular weight is 420 g/mol. The molecule has 1 amide bonds. The van der Waals surface area contributed by atoms with Gasteiger partial charge in [0.05, 0.1) is 28.3 Å². The van der Waals surface area contributed by atoms with Gasteiger partial charge in [-0.3, -0.25) is 9.78 Å². The highest BCUT2D eigenvalue weighted by molar-refractivity contribution is 6.36. The number of carbonyl (C=O) groups is 1. The molecule has 4 heterocycles. The third kappa shape index (κ3) is 2.86. The van der Waals surface area contributed by atoms with Crippen molar-refractivity contribution in [2.45, 2.75) is 12.5 Å². The Hall–Kier alpha value is -3.58. The number of imidazole rings is 1. The van der Waals surface area contributed by atoms with Crippen LogP contribution in [0.5, 0.6) is 0 Å². The second-order valence-corrected chi connectivity index (χ2v) is 7.37. The largest absolute Gasteiger partial charge is 0.457 e.